The highest BCUT2D eigenvalue weighted by Crippen LogP contribution is 2.16. The summed E-state index contributed by atoms with van der Waals surface area (Å²) in [7, 11) is 0. The van der Waals surface area contributed by atoms with E-state index in [-0.39, 0.29) is 5.91 Å². The van der Waals surface area contributed by atoms with E-state index in [9.17, 15) is 4.79 Å². The molecule has 2 heterocycles. The summed E-state index contributed by atoms with van der Waals surface area (Å²) in [5, 5.41) is 3.35. The number of amides is 1. The minimum atomic E-state index is 0.126. The Hall–Kier alpha value is -1.42. The van der Waals surface area contributed by atoms with Gasteiger partial charge in [-0.15, -0.1) is 0 Å². The van der Waals surface area contributed by atoms with Crippen molar-refractivity contribution >= 4 is 5.91 Å². The zero-order valence-corrected chi connectivity index (χ0v) is 11.9. The van der Waals surface area contributed by atoms with Gasteiger partial charge in [0, 0.05) is 24.5 Å². The standard InChI is InChI=1S/C15H23N3O/c1-3-10-18(14-6-8-16-9-7-14)15(19)13-5-4-12(2)17-11-13/h4-5,11,14,16H,3,6-10H2,1-2H3. The van der Waals surface area contributed by atoms with Crippen molar-refractivity contribution in [2.45, 2.75) is 39.2 Å². The lowest BCUT2D eigenvalue weighted by Gasteiger charge is -2.34. The second kappa shape index (κ2) is 6.66. The molecule has 19 heavy (non-hydrogen) atoms. The molecule has 1 fully saturated rings. The quantitative estimate of drug-likeness (QED) is 0.901. The molecule has 104 valence electrons. The van der Waals surface area contributed by atoms with Crippen LogP contribution in [-0.2, 0) is 0 Å². The summed E-state index contributed by atoms with van der Waals surface area (Å²) in [4.78, 5) is 18.9. The highest BCUT2D eigenvalue weighted by atomic mass is 16.2. The average molecular weight is 261 g/mol. The van der Waals surface area contributed by atoms with Crippen molar-refractivity contribution in [2.75, 3.05) is 19.6 Å². The Bertz CT molecular complexity index is 410. The number of piperidine rings is 1. The smallest absolute Gasteiger partial charge is 0.255 e. The molecule has 1 aliphatic heterocycles. The van der Waals surface area contributed by atoms with Gasteiger partial charge < -0.3 is 10.2 Å². The van der Waals surface area contributed by atoms with E-state index in [1.807, 2.05) is 24.0 Å². The number of aryl methyl sites for hydroxylation is 1. The Morgan fingerprint density at radius 2 is 2.16 bits per heavy atom. The van der Waals surface area contributed by atoms with Gasteiger partial charge in [-0.05, 0) is 51.4 Å². The van der Waals surface area contributed by atoms with Gasteiger partial charge in [-0.1, -0.05) is 6.92 Å². The van der Waals surface area contributed by atoms with Crippen molar-refractivity contribution in [2.24, 2.45) is 0 Å². The minimum absolute atomic E-state index is 0.126. The molecule has 2 rings (SSSR count). The molecule has 0 aromatic carbocycles. The normalized spacial score (nSPS) is 16.3. The molecule has 0 unspecified atom stereocenters. The molecule has 0 radical (unpaired) electrons. The molecule has 0 atom stereocenters. The van der Waals surface area contributed by atoms with Crippen LogP contribution in [0.3, 0.4) is 0 Å². The Morgan fingerprint density at radius 3 is 2.74 bits per heavy atom. The van der Waals surface area contributed by atoms with Crippen molar-refractivity contribution in [1.29, 1.82) is 0 Å². The molecule has 1 amide bonds. The van der Waals surface area contributed by atoms with E-state index < -0.39 is 0 Å². The molecule has 1 aliphatic rings. The third-order valence-electron chi connectivity index (χ3n) is 3.63. The van der Waals surface area contributed by atoms with Crippen molar-refractivity contribution in [3.05, 3.63) is 29.6 Å². The van der Waals surface area contributed by atoms with Crippen molar-refractivity contribution in [3.63, 3.8) is 0 Å². The Labute approximate surface area is 115 Å². The summed E-state index contributed by atoms with van der Waals surface area (Å²) in [6, 6.07) is 4.16. The fourth-order valence-electron chi connectivity index (χ4n) is 2.57. The van der Waals surface area contributed by atoms with Gasteiger partial charge in [-0.25, -0.2) is 0 Å². The fraction of sp³-hybridized carbons (Fsp3) is 0.600. The Balaban J connectivity index is 2.13. The summed E-state index contributed by atoms with van der Waals surface area (Å²) in [5.74, 6) is 0.126. The molecule has 1 N–H and O–H groups in total. The van der Waals surface area contributed by atoms with Gasteiger partial charge >= 0.3 is 0 Å². The van der Waals surface area contributed by atoms with E-state index in [1.54, 1.807) is 6.20 Å². The zero-order valence-electron chi connectivity index (χ0n) is 11.9. The van der Waals surface area contributed by atoms with E-state index in [0.29, 0.717) is 11.6 Å². The molecule has 0 bridgehead atoms. The van der Waals surface area contributed by atoms with Crippen LogP contribution in [-0.4, -0.2) is 41.5 Å². The molecule has 1 aromatic heterocycles. The monoisotopic (exact) mass is 261 g/mol. The fourth-order valence-corrected chi connectivity index (χ4v) is 2.57. The van der Waals surface area contributed by atoms with E-state index in [1.165, 1.54) is 0 Å². The minimum Gasteiger partial charge on any atom is -0.336 e. The number of rotatable bonds is 4. The predicted octanol–water partition coefficient (Wildman–Crippen LogP) is 1.99. The Kier molecular flexibility index (Phi) is 4.91. The third kappa shape index (κ3) is 3.53. The van der Waals surface area contributed by atoms with Gasteiger partial charge in [-0.3, -0.25) is 9.78 Å². The topological polar surface area (TPSA) is 45.2 Å². The first-order valence-electron chi connectivity index (χ1n) is 7.16. The van der Waals surface area contributed by atoms with E-state index in [2.05, 4.69) is 17.2 Å². The largest absolute Gasteiger partial charge is 0.336 e. The van der Waals surface area contributed by atoms with E-state index >= 15 is 0 Å². The SMILES string of the molecule is CCCN(C(=O)c1ccc(C)nc1)C1CCNCC1. The molecule has 0 spiro atoms. The summed E-state index contributed by atoms with van der Waals surface area (Å²) >= 11 is 0. The van der Waals surface area contributed by atoms with Gasteiger partial charge in [0.2, 0.25) is 0 Å². The van der Waals surface area contributed by atoms with Gasteiger partial charge in [0.25, 0.3) is 5.91 Å². The number of aromatic nitrogens is 1. The van der Waals surface area contributed by atoms with Crippen LogP contribution in [0.1, 0.15) is 42.2 Å². The van der Waals surface area contributed by atoms with Gasteiger partial charge in [0.05, 0.1) is 5.56 Å². The lowest BCUT2D eigenvalue weighted by Crippen LogP contribution is -2.46. The molecular weight excluding hydrogens is 238 g/mol. The summed E-state index contributed by atoms with van der Waals surface area (Å²) in [5.41, 5.74) is 1.65. The first-order valence-corrected chi connectivity index (χ1v) is 7.16. The maximum absolute atomic E-state index is 12.6. The van der Waals surface area contributed by atoms with E-state index in [4.69, 9.17) is 0 Å². The van der Waals surface area contributed by atoms with Crippen LogP contribution in [0.15, 0.2) is 18.3 Å². The van der Waals surface area contributed by atoms with Crippen LogP contribution in [0.5, 0.6) is 0 Å². The number of carbonyl (C=O) groups is 1. The molecule has 4 heteroatoms. The molecule has 0 saturated carbocycles. The second-order valence-corrected chi connectivity index (χ2v) is 5.17. The van der Waals surface area contributed by atoms with Gasteiger partial charge in [-0.2, -0.15) is 0 Å². The highest BCUT2D eigenvalue weighted by Gasteiger charge is 2.25. The third-order valence-corrected chi connectivity index (χ3v) is 3.63. The maximum Gasteiger partial charge on any atom is 0.255 e. The van der Waals surface area contributed by atoms with Crippen LogP contribution < -0.4 is 5.32 Å². The van der Waals surface area contributed by atoms with Crippen LogP contribution in [0, 0.1) is 6.92 Å². The summed E-state index contributed by atoms with van der Waals surface area (Å²) in [6.07, 6.45) is 4.78. The lowest BCUT2D eigenvalue weighted by molar-refractivity contribution is 0.0642. The first kappa shape index (κ1) is 14.0. The highest BCUT2D eigenvalue weighted by molar-refractivity contribution is 5.94. The van der Waals surface area contributed by atoms with Crippen molar-refractivity contribution < 1.29 is 4.79 Å². The second-order valence-electron chi connectivity index (χ2n) is 5.17. The molecule has 1 aromatic rings. The Morgan fingerprint density at radius 1 is 1.42 bits per heavy atom. The lowest BCUT2D eigenvalue weighted by atomic mass is 10.0. The molecular formula is C15H23N3O. The van der Waals surface area contributed by atoms with Crippen LogP contribution in [0.2, 0.25) is 0 Å². The summed E-state index contributed by atoms with van der Waals surface area (Å²) < 4.78 is 0. The zero-order chi connectivity index (χ0) is 13.7. The maximum atomic E-state index is 12.6. The van der Waals surface area contributed by atoms with E-state index in [0.717, 1.165) is 44.6 Å². The summed E-state index contributed by atoms with van der Waals surface area (Å²) in [6.45, 7) is 6.89. The molecule has 0 aliphatic carbocycles. The average Bonchev–Trinajstić information content (AvgIpc) is 2.46. The van der Waals surface area contributed by atoms with Crippen LogP contribution >= 0.6 is 0 Å². The van der Waals surface area contributed by atoms with Crippen molar-refractivity contribution in [3.8, 4) is 0 Å². The van der Waals surface area contributed by atoms with Crippen LogP contribution in [0.25, 0.3) is 0 Å². The number of nitrogens with one attached hydrogen (secondary N) is 1. The molecule has 4 nitrogen and oxygen atoms in total. The number of carbonyl (C=O) groups excluding carboxylic acids is 1. The number of pyridine rings is 1. The van der Waals surface area contributed by atoms with Crippen molar-refractivity contribution in [1.82, 2.24) is 15.2 Å². The first-order chi connectivity index (χ1) is 9.22. The van der Waals surface area contributed by atoms with Crippen LogP contribution in [0.4, 0.5) is 0 Å². The number of nitrogens with zero attached hydrogens (tertiary/aromatic N) is 2. The molecule has 1 saturated heterocycles. The van der Waals surface area contributed by atoms with Gasteiger partial charge in [0.1, 0.15) is 0 Å². The number of hydrogen-bond donors (Lipinski definition) is 1. The number of hydrogen-bond acceptors (Lipinski definition) is 3. The van der Waals surface area contributed by atoms with Gasteiger partial charge in [0.15, 0.2) is 0 Å². The predicted molar refractivity (Wildman–Crippen MR) is 76.2 cm³/mol.